The van der Waals surface area contributed by atoms with Gasteiger partial charge in [-0.3, -0.25) is 0 Å². The van der Waals surface area contributed by atoms with Crippen LogP contribution in [-0.2, 0) is 4.79 Å². The summed E-state index contributed by atoms with van der Waals surface area (Å²) in [5, 5.41) is 3.29. The number of isocyanates is 1. The maximum atomic E-state index is 9.74. The predicted molar refractivity (Wildman–Crippen MR) is 46.9 cm³/mol. The molecule has 68 valence electrons. The van der Waals surface area contributed by atoms with Crippen LogP contribution in [0.15, 0.2) is 4.99 Å². The summed E-state index contributed by atoms with van der Waals surface area (Å²) < 4.78 is 0. The van der Waals surface area contributed by atoms with E-state index in [2.05, 4.69) is 15.2 Å². The van der Waals surface area contributed by atoms with Gasteiger partial charge in [-0.1, -0.05) is 0 Å². The molecule has 1 aliphatic rings. The van der Waals surface area contributed by atoms with Crippen LogP contribution in [-0.4, -0.2) is 50.2 Å². The summed E-state index contributed by atoms with van der Waals surface area (Å²) in [6.45, 7) is 6.06. The number of hydrogen-bond donors (Lipinski definition) is 1. The molecule has 0 aromatic carbocycles. The van der Waals surface area contributed by atoms with Crippen molar-refractivity contribution in [1.29, 1.82) is 0 Å². The highest BCUT2D eigenvalue weighted by Crippen LogP contribution is 1.93. The third-order valence-electron chi connectivity index (χ3n) is 2.02. The third kappa shape index (κ3) is 3.62. The van der Waals surface area contributed by atoms with Gasteiger partial charge in [0.2, 0.25) is 6.08 Å². The van der Waals surface area contributed by atoms with Gasteiger partial charge in [-0.2, -0.15) is 0 Å². The lowest BCUT2D eigenvalue weighted by molar-refractivity contribution is 0.240. The molecule has 4 heteroatoms. The van der Waals surface area contributed by atoms with E-state index in [9.17, 15) is 4.79 Å². The molecule has 4 nitrogen and oxygen atoms in total. The molecule has 0 atom stereocenters. The Balaban J connectivity index is 2.01. The number of hydrogen-bond acceptors (Lipinski definition) is 4. The SMILES string of the molecule is O=C=NCCCN1CCNCC1. The molecule has 0 amide bonds. The van der Waals surface area contributed by atoms with E-state index >= 15 is 0 Å². The molecule has 1 heterocycles. The number of nitrogens with zero attached hydrogens (tertiary/aromatic N) is 2. The van der Waals surface area contributed by atoms with Crippen molar-refractivity contribution in [3.63, 3.8) is 0 Å². The van der Waals surface area contributed by atoms with E-state index in [1.54, 1.807) is 6.08 Å². The molecular formula is C8H15N3O. The zero-order valence-corrected chi connectivity index (χ0v) is 7.25. The average molecular weight is 169 g/mol. The number of nitrogens with one attached hydrogen (secondary N) is 1. The topological polar surface area (TPSA) is 44.7 Å². The van der Waals surface area contributed by atoms with E-state index in [4.69, 9.17) is 0 Å². The molecule has 12 heavy (non-hydrogen) atoms. The van der Waals surface area contributed by atoms with Gasteiger partial charge < -0.3 is 10.2 Å². The van der Waals surface area contributed by atoms with Crippen molar-refractivity contribution in [2.45, 2.75) is 6.42 Å². The Bertz CT molecular complexity index is 160. The molecule has 0 aromatic rings. The molecule has 1 N–H and O–H groups in total. The molecule has 0 radical (unpaired) electrons. The summed E-state index contributed by atoms with van der Waals surface area (Å²) in [4.78, 5) is 15.6. The lowest BCUT2D eigenvalue weighted by atomic mass is 10.3. The summed E-state index contributed by atoms with van der Waals surface area (Å²) in [6.07, 6.45) is 2.52. The van der Waals surface area contributed by atoms with E-state index in [0.29, 0.717) is 6.54 Å². The first kappa shape index (κ1) is 9.39. The Hall–Kier alpha value is -0.700. The monoisotopic (exact) mass is 169 g/mol. The van der Waals surface area contributed by atoms with Crippen LogP contribution in [0.2, 0.25) is 0 Å². The predicted octanol–water partition coefficient (Wildman–Crippen LogP) is -0.382. The fourth-order valence-electron chi connectivity index (χ4n) is 1.35. The second-order valence-electron chi connectivity index (χ2n) is 2.92. The summed E-state index contributed by atoms with van der Waals surface area (Å²) in [7, 11) is 0. The van der Waals surface area contributed by atoms with E-state index in [0.717, 1.165) is 39.1 Å². The van der Waals surface area contributed by atoms with Gasteiger partial charge in [0, 0.05) is 32.7 Å². The van der Waals surface area contributed by atoms with Crippen LogP contribution in [0.5, 0.6) is 0 Å². The van der Waals surface area contributed by atoms with Gasteiger partial charge in [0.15, 0.2) is 0 Å². The van der Waals surface area contributed by atoms with Gasteiger partial charge in [0.1, 0.15) is 0 Å². The molecule has 1 fully saturated rings. The number of piperazine rings is 1. The van der Waals surface area contributed by atoms with Gasteiger partial charge in [0.25, 0.3) is 0 Å². The van der Waals surface area contributed by atoms with Crippen LogP contribution in [0.3, 0.4) is 0 Å². The van der Waals surface area contributed by atoms with Crippen molar-refractivity contribution in [3.8, 4) is 0 Å². The Morgan fingerprint density at radius 3 is 2.83 bits per heavy atom. The minimum absolute atomic E-state index is 0.618. The first-order chi connectivity index (χ1) is 5.93. The minimum Gasteiger partial charge on any atom is -0.314 e. The highest BCUT2D eigenvalue weighted by molar-refractivity contribution is 5.32. The number of rotatable bonds is 4. The van der Waals surface area contributed by atoms with Crippen LogP contribution in [0, 0.1) is 0 Å². The first-order valence-electron chi connectivity index (χ1n) is 4.40. The Morgan fingerprint density at radius 1 is 1.42 bits per heavy atom. The Kier molecular flexibility index (Phi) is 4.61. The van der Waals surface area contributed by atoms with Crippen LogP contribution in [0.25, 0.3) is 0 Å². The molecule has 0 spiro atoms. The second kappa shape index (κ2) is 5.89. The molecule has 0 unspecified atom stereocenters. The quantitative estimate of drug-likeness (QED) is 0.354. The van der Waals surface area contributed by atoms with E-state index < -0.39 is 0 Å². The summed E-state index contributed by atoms with van der Waals surface area (Å²) in [6, 6.07) is 0. The third-order valence-corrected chi connectivity index (χ3v) is 2.02. The lowest BCUT2D eigenvalue weighted by Gasteiger charge is -2.26. The number of carbonyl (C=O) groups excluding carboxylic acids is 1. The lowest BCUT2D eigenvalue weighted by Crippen LogP contribution is -2.43. The standard InChI is InChI=1S/C8H15N3O/c12-8-10-2-1-5-11-6-3-9-4-7-11/h9H,1-7H2. The largest absolute Gasteiger partial charge is 0.314 e. The van der Waals surface area contributed by atoms with Crippen LogP contribution in [0.4, 0.5) is 0 Å². The maximum Gasteiger partial charge on any atom is 0.234 e. The smallest absolute Gasteiger partial charge is 0.234 e. The normalized spacial score (nSPS) is 18.7. The molecule has 0 bridgehead atoms. The zero-order chi connectivity index (χ0) is 8.65. The summed E-state index contributed by atoms with van der Waals surface area (Å²) in [5.41, 5.74) is 0. The Morgan fingerprint density at radius 2 is 2.17 bits per heavy atom. The van der Waals surface area contributed by atoms with Gasteiger partial charge in [-0.25, -0.2) is 9.79 Å². The Labute approximate surface area is 72.7 Å². The van der Waals surface area contributed by atoms with Gasteiger partial charge >= 0.3 is 0 Å². The van der Waals surface area contributed by atoms with Gasteiger partial charge in [0.05, 0.1) is 6.54 Å². The first-order valence-corrected chi connectivity index (χ1v) is 4.40. The van der Waals surface area contributed by atoms with Crippen LogP contribution < -0.4 is 5.32 Å². The van der Waals surface area contributed by atoms with Crippen molar-refractivity contribution in [3.05, 3.63) is 0 Å². The fourth-order valence-corrected chi connectivity index (χ4v) is 1.35. The van der Waals surface area contributed by atoms with Crippen molar-refractivity contribution < 1.29 is 4.79 Å². The highest BCUT2D eigenvalue weighted by atomic mass is 16.1. The highest BCUT2D eigenvalue weighted by Gasteiger charge is 2.07. The number of aliphatic imine (C=N–C) groups is 1. The maximum absolute atomic E-state index is 9.74. The zero-order valence-electron chi connectivity index (χ0n) is 7.25. The van der Waals surface area contributed by atoms with E-state index in [-0.39, 0.29) is 0 Å². The van der Waals surface area contributed by atoms with Gasteiger partial charge in [-0.05, 0) is 6.42 Å². The van der Waals surface area contributed by atoms with Crippen molar-refractivity contribution >= 4 is 6.08 Å². The molecule has 0 aliphatic carbocycles. The average Bonchev–Trinajstić information content (AvgIpc) is 2.14. The minimum atomic E-state index is 0.618. The fraction of sp³-hybridized carbons (Fsp3) is 0.875. The van der Waals surface area contributed by atoms with Crippen molar-refractivity contribution in [2.75, 3.05) is 39.3 Å². The summed E-state index contributed by atoms with van der Waals surface area (Å²) >= 11 is 0. The van der Waals surface area contributed by atoms with Crippen molar-refractivity contribution in [1.82, 2.24) is 10.2 Å². The van der Waals surface area contributed by atoms with Crippen LogP contribution >= 0.6 is 0 Å². The van der Waals surface area contributed by atoms with E-state index in [1.165, 1.54) is 0 Å². The molecule has 0 saturated carbocycles. The molecule has 1 saturated heterocycles. The second-order valence-corrected chi connectivity index (χ2v) is 2.92. The van der Waals surface area contributed by atoms with Crippen LogP contribution in [0.1, 0.15) is 6.42 Å². The molecule has 1 aliphatic heterocycles. The molecule has 1 rings (SSSR count). The van der Waals surface area contributed by atoms with Gasteiger partial charge in [-0.15, -0.1) is 0 Å². The summed E-state index contributed by atoms with van der Waals surface area (Å²) in [5.74, 6) is 0. The van der Waals surface area contributed by atoms with Crippen molar-refractivity contribution in [2.24, 2.45) is 4.99 Å². The van der Waals surface area contributed by atoms with E-state index in [1.807, 2.05) is 0 Å². The molecule has 0 aromatic heterocycles. The molecular weight excluding hydrogens is 154 g/mol.